The molecule has 0 aromatic heterocycles. The fourth-order valence-corrected chi connectivity index (χ4v) is 3.74. The average Bonchev–Trinajstić information content (AvgIpc) is 2.97. The number of amides is 1. The van der Waals surface area contributed by atoms with Gasteiger partial charge in [0.05, 0.1) is 16.5 Å². The van der Waals surface area contributed by atoms with Crippen LogP contribution in [-0.4, -0.2) is 31.9 Å². The molecule has 1 aliphatic heterocycles. The lowest BCUT2D eigenvalue weighted by atomic mass is 10.1. The van der Waals surface area contributed by atoms with Crippen LogP contribution in [0, 0.1) is 11.7 Å². The van der Waals surface area contributed by atoms with Gasteiger partial charge in [0.1, 0.15) is 5.82 Å². The van der Waals surface area contributed by atoms with Gasteiger partial charge in [0.15, 0.2) is 0 Å². The van der Waals surface area contributed by atoms with Crippen LogP contribution < -0.4 is 9.62 Å². The van der Waals surface area contributed by atoms with Gasteiger partial charge < -0.3 is 10.0 Å². The van der Waals surface area contributed by atoms with E-state index in [2.05, 4.69) is 4.72 Å². The van der Waals surface area contributed by atoms with E-state index in [9.17, 15) is 22.4 Å². The molecular formula is C17H15FN2O5S. The van der Waals surface area contributed by atoms with E-state index in [4.69, 9.17) is 5.11 Å². The molecule has 2 aromatic rings. The van der Waals surface area contributed by atoms with Crippen molar-refractivity contribution in [3.8, 4) is 0 Å². The summed E-state index contributed by atoms with van der Waals surface area (Å²) < 4.78 is 40.2. The summed E-state index contributed by atoms with van der Waals surface area (Å²) in [6, 6.07) is 10.5. The van der Waals surface area contributed by atoms with Crippen LogP contribution >= 0.6 is 0 Å². The predicted octanol–water partition coefficient (Wildman–Crippen LogP) is 2.06. The van der Waals surface area contributed by atoms with Crippen LogP contribution in [-0.2, 0) is 19.6 Å². The van der Waals surface area contributed by atoms with Gasteiger partial charge in [-0.1, -0.05) is 6.07 Å². The number of carboxylic acid groups (broad SMARTS) is 1. The molecule has 1 saturated heterocycles. The number of halogens is 1. The quantitative estimate of drug-likeness (QED) is 0.829. The van der Waals surface area contributed by atoms with E-state index in [0.29, 0.717) is 5.69 Å². The second-order valence-corrected chi connectivity index (χ2v) is 7.54. The Balaban J connectivity index is 1.79. The smallest absolute Gasteiger partial charge is 0.308 e. The minimum Gasteiger partial charge on any atom is -0.481 e. The second kappa shape index (κ2) is 6.75. The zero-order valence-electron chi connectivity index (χ0n) is 13.4. The van der Waals surface area contributed by atoms with E-state index >= 15 is 0 Å². The van der Waals surface area contributed by atoms with Crippen molar-refractivity contribution in [3.63, 3.8) is 0 Å². The maximum absolute atomic E-state index is 13.2. The molecule has 7 nitrogen and oxygen atoms in total. The molecule has 1 heterocycles. The lowest BCUT2D eigenvalue weighted by Gasteiger charge is -2.16. The molecule has 2 aromatic carbocycles. The lowest BCUT2D eigenvalue weighted by molar-refractivity contribution is -0.141. The molecule has 26 heavy (non-hydrogen) atoms. The normalized spacial score (nSPS) is 17.3. The third kappa shape index (κ3) is 3.67. The first kappa shape index (κ1) is 17.9. The third-order valence-electron chi connectivity index (χ3n) is 4.01. The number of sulfonamides is 1. The maximum atomic E-state index is 13.2. The van der Waals surface area contributed by atoms with Crippen LogP contribution in [0.5, 0.6) is 0 Å². The molecule has 1 amide bonds. The number of hydrogen-bond acceptors (Lipinski definition) is 4. The van der Waals surface area contributed by atoms with Gasteiger partial charge in [-0.05, 0) is 42.5 Å². The van der Waals surface area contributed by atoms with Gasteiger partial charge in [-0.2, -0.15) is 0 Å². The number of aliphatic carboxylic acids is 1. The van der Waals surface area contributed by atoms with E-state index in [1.165, 1.54) is 47.4 Å². The number of nitrogens with one attached hydrogen (secondary N) is 1. The Kier molecular flexibility index (Phi) is 4.64. The fourth-order valence-electron chi connectivity index (χ4n) is 2.69. The number of hydrogen-bond donors (Lipinski definition) is 2. The predicted molar refractivity (Wildman–Crippen MR) is 91.7 cm³/mol. The number of carbonyl (C=O) groups excluding carboxylic acids is 1. The highest BCUT2D eigenvalue weighted by Gasteiger charge is 2.35. The van der Waals surface area contributed by atoms with Crippen molar-refractivity contribution < 1.29 is 27.5 Å². The number of carboxylic acids is 1. The van der Waals surface area contributed by atoms with Crippen molar-refractivity contribution >= 4 is 33.3 Å². The van der Waals surface area contributed by atoms with Gasteiger partial charge in [0.2, 0.25) is 5.91 Å². The fraction of sp³-hybridized carbons (Fsp3) is 0.176. The molecule has 0 unspecified atom stereocenters. The zero-order chi connectivity index (χ0) is 18.9. The molecule has 0 saturated carbocycles. The molecule has 9 heteroatoms. The monoisotopic (exact) mass is 378 g/mol. The Morgan fingerprint density at radius 2 is 1.88 bits per heavy atom. The summed E-state index contributed by atoms with van der Waals surface area (Å²) in [5.74, 6) is -2.72. The molecule has 136 valence electrons. The summed E-state index contributed by atoms with van der Waals surface area (Å²) in [6.07, 6.45) is -0.0868. The molecular weight excluding hydrogens is 363 g/mol. The first-order valence-corrected chi connectivity index (χ1v) is 9.16. The van der Waals surface area contributed by atoms with Crippen molar-refractivity contribution in [1.29, 1.82) is 0 Å². The average molecular weight is 378 g/mol. The largest absolute Gasteiger partial charge is 0.481 e. The molecule has 0 bridgehead atoms. The van der Waals surface area contributed by atoms with E-state index in [-0.39, 0.29) is 29.5 Å². The van der Waals surface area contributed by atoms with E-state index < -0.39 is 27.7 Å². The zero-order valence-corrected chi connectivity index (χ0v) is 14.2. The first-order chi connectivity index (χ1) is 12.3. The van der Waals surface area contributed by atoms with E-state index in [0.717, 1.165) is 6.07 Å². The maximum Gasteiger partial charge on any atom is 0.308 e. The van der Waals surface area contributed by atoms with Crippen LogP contribution in [0.15, 0.2) is 53.4 Å². The SMILES string of the molecule is O=C(O)[C@@H]1CC(=O)N(c2ccc(S(=O)(=O)Nc3cccc(F)c3)cc2)C1. The van der Waals surface area contributed by atoms with Crippen molar-refractivity contribution in [2.45, 2.75) is 11.3 Å². The molecule has 0 spiro atoms. The van der Waals surface area contributed by atoms with E-state index in [1.807, 2.05) is 0 Å². The van der Waals surface area contributed by atoms with Crippen molar-refractivity contribution in [2.24, 2.45) is 5.92 Å². The van der Waals surface area contributed by atoms with E-state index in [1.54, 1.807) is 0 Å². The third-order valence-corrected chi connectivity index (χ3v) is 5.41. The van der Waals surface area contributed by atoms with Crippen LogP contribution in [0.25, 0.3) is 0 Å². The van der Waals surface area contributed by atoms with Crippen LogP contribution in [0.1, 0.15) is 6.42 Å². The molecule has 1 aliphatic rings. The summed E-state index contributed by atoms with van der Waals surface area (Å²) in [7, 11) is -3.92. The minimum atomic E-state index is -3.92. The van der Waals surface area contributed by atoms with Gasteiger partial charge >= 0.3 is 5.97 Å². The molecule has 2 N–H and O–H groups in total. The summed E-state index contributed by atoms with van der Waals surface area (Å²) >= 11 is 0. The van der Waals surface area contributed by atoms with Crippen LogP contribution in [0.4, 0.5) is 15.8 Å². The highest BCUT2D eigenvalue weighted by molar-refractivity contribution is 7.92. The summed E-state index contributed by atoms with van der Waals surface area (Å²) in [5.41, 5.74) is 0.511. The van der Waals surface area contributed by atoms with Crippen molar-refractivity contribution in [3.05, 3.63) is 54.3 Å². The van der Waals surface area contributed by atoms with Crippen LogP contribution in [0.3, 0.4) is 0 Å². The van der Waals surface area contributed by atoms with Crippen LogP contribution in [0.2, 0.25) is 0 Å². The second-order valence-electron chi connectivity index (χ2n) is 5.85. The van der Waals surface area contributed by atoms with Gasteiger partial charge in [-0.25, -0.2) is 12.8 Å². The van der Waals surface area contributed by atoms with Crippen molar-refractivity contribution in [1.82, 2.24) is 0 Å². The summed E-state index contributed by atoms with van der Waals surface area (Å²) in [6.45, 7) is 0.0435. The van der Waals surface area contributed by atoms with Gasteiger partial charge in [0, 0.05) is 18.7 Å². The number of rotatable bonds is 5. The number of carbonyl (C=O) groups is 2. The number of nitrogens with zero attached hydrogens (tertiary/aromatic N) is 1. The Morgan fingerprint density at radius 1 is 1.19 bits per heavy atom. The van der Waals surface area contributed by atoms with Gasteiger partial charge in [0.25, 0.3) is 10.0 Å². The molecule has 3 rings (SSSR count). The van der Waals surface area contributed by atoms with Gasteiger partial charge in [-0.3, -0.25) is 14.3 Å². The molecule has 1 fully saturated rings. The minimum absolute atomic E-state index is 0.0435. The Bertz CT molecular complexity index is 959. The molecule has 0 radical (unpaired) electrons. The summed E-state index contributed by atoms with van der Waals surface area (Å²) in [5, 5.41) is 9.01. The standard InChI is InChI=1S/C17H15FN2O5S/c18-12-2-1-3-13(9-12)19-26(24,25)15-6-4-14(5-7-15)20-10-11(17(22)23)8-16(20)21/h1-7,9,11,19H,8,10H2,(H,22,23)/t11-/m1/s1. The Morgan fingerprint density at radius 3 is 2.46 bits per heavy atom. The Hall–Kier alpha value is -2.94. The molecule has 0 aliphatic carbocycles. The highest BCUT2D eigenvalue weighted by atomic mass is 32.2. The number of benzene rings is 2. The topological polar surface area (TPSA) is 104 Å². The molecule has 1 atom stereocenters. The Labute approximate surface area is 149 Å². The highest BCUT2D eigenvalue weighted by Crippen LogP contribution is 2.27. The number of anilines is 2. The van der Waals surface area contributed by atoms with Crippen molar-refractivity contribution in [2.75, 3.05) is 16.2 Å². The lowest BCUT2D eigenvalue weighted by Crippen LogP contribution is -2.25. The van der Waals surface area contributed by atoms with Gasteiger partial charge in [-0.15, -0.1) is 0 Å². The summed E-state index contributed by atoms with van der Waals surface area (Å²) in [4.78, 5) is 24.2. The first-order valence-electron chi connectivity index (χ1n) is 7.68.